The van der Waals surface area contributed by atoms with Gasteiger partial charge in [-0.1, -0.05) is 19.1 Å². The van der Waals surface area contributed by atoms with E-state index in [0.29, 0.717) is 30.1 Å². The van der Waals surface area contributed by atoms with Crippen LogP contribution in [0.4, 0.5) is 5.69 Å². The van der Waals surface area contributed by atoms with Gasteiger partial charge in [-0.25, -0.2) is 8.42 Å². The quantitative estimate of drug-likeness (QED) is 0.661. The van der Waals surface area contributed by atoms with Crippen molar-refractivity contribution in [2.75, 3.05) is 38.6 Å². The number of benzene rings is 2. The first-order valence-electron chi connectivity index (χ1n) is 11.7. The van der Waals surface area contributed by atoms with Crippen molar-refractivity contribution in [1.29, 1.82) is 0 Å². The first kappa shape index (κ1) is 23.7. The Labute approximate surface area is 196 Å². The maximum atomic E-state index is 12.9. The largest absolute Gasteiger partial charge is 0.495 e. The molecule has 0 aromatic heterocycles. The molecule has 0 radical (unpaired) electrons. The normalized spacial score (nSPS) is 20.0. The van der Waals surface area contributed by atoms with Crippen LogP contribution in [0.5, 0.6) is 5.75 Å². The Morgan fingerprint density at radius 3 is 2.45 bits per heavy atom. The second-order valence-corrected chi connectivity index (χ2v) is 11.0. The Morgan fingerprint density at radius 1 is 1.06 bits per heavy atom. The van der Waals surface area contributed by atoms with Crippen LogP contribution in [0.1, 0.15) is 48.5 Å². The summed E-state index contributed by atoms with van der Waals surface area (Å²) in [5.41, 5.74) is 2.03. The minimum atomic E-state index is -3.59. The van der Waals surface area contributed by atoms with Gasteiger partial charge in [0.2, 0.25) is 10.0 Å². The molecule has 2 aromatic carbocycles. The molecular weight excluding hydrogens is 438 g/mol. The number of carbonyl (C=O) groups is 1. The first-order chi connectivity index (χ1) is 15.9. The predicted molar refractivity (Wildman–Crippen MR) is 129 cm³/mol. The zero-order chi connectivity index (χ0) is 23.4. The number of hydrogen-bond acceptors (Lipinski definition) is 5. The molecule has 1 N–H and O–H groups in total. The highest BCUT2D eigenvalue weighted by Crippen LogP contribution is 2.30. The molecule has 8 heteroatoms. The first-order valence-corrected chi connectivity index (χ1v) is 13.1. The third-order valence-corrected chi connectivity index (χ3v) is 8.38. The summed E-state index contributed by atoms with van der Waals surface area (Å²) in [7, 11) is -2.09. The average molecular weight is 472 g/mol. The van der Waals surface area contributed by atoms with Gasteiger partial charge in [0.25, 0.3) is 5.91 Å². The minimum Gasteiger partial charge on any atom is -0.495 e. The van der Waals surface area contributed by atoms with Crippen LogP contribution in [-0.4, -0.2) is 56.8 Å². The summed E-state index contributed by atoms with van der Waals surface area (Å²) in [6.45, 7) is 6.45. The second kappa shape index (κ2) is 10.2. The van der Waals surface area contributed by atoms with Crippen molar-refractivity contribution in [3.05, 3.63) is 53.6 Å². The van der Waals surface area contributed by atoms with Crippen molar-refractivity contribution in [1.82, 2.24) is 9.21 Å². The number of anilines is 1. The number of likely N-dealkylation sites (tertiary alicyclic amines) is 1. The lowest BCUT2D eigenvalue weighted by Crippen LogP contribution is -2.33. The van der Waals surface area contributed by atoms with E-state index in [-0.39, 0.29) is 10.8 Å². The van der Waals surface area contributed by atoms with Crippen molar-refractivity contribution in [2.45, 2.75) is 44.0 Å². The van der Waals surface area contributed by atoms with Crippen LogP contribution in [0.3, 0.4) is 0 Å². The van der Waals surface area contributed by atoms with E-state index in [1.165, 1.54) is 42.0 Å². The molecule has 0 saturated carbocycles. The van der Waals surface area contributed by atoms with Crippen molar-refractivity contribution < 1.29 is 17.9 Å². The van der Waals surface area contributed by atoms with Gasteiger partial charge in [0.1, 0.15) is 5.75 Å². The maximum Gasteiger partial charge on any atom is 0.255 e. The van der Waals surface area contributed by atoms with Crippen molar-refractivity contribution in [2.24, 2.45) is 5.92 Å². The summed E-state index contributed by atoms with van der Waals surface area (Å²) in [5.74, 6) is 0.838. The Hall–Kier alpha value is -2.42. The van der Waals surface area contributed by atoms with E-state index in [1.54, 1.807) is 6.07 Å². The molecule has 2 heterocycles. The molecule has 2 fully saturated rings. The van der Waals surface area contributed by atoms with Crippen LogP contribution in [0.2, 0.25) is 0 Å². The Kier molecular flexibility index (Phi) is 7.36. The lowest BCUT2D eigenvalue weighted by Gasteiger charge is -2.30. The fourth-order valence-electron chi connectivity index (χ4n) is 4.67. The van der Waals surface area contributed by atoms with Crippen LogP contribution in [0, 0.1) is 5.92 Å². The lowest BCUT2D eigenvalue weighted by molar-refractivity contribution is 0.102. The molecular formula is C25H33N3O4S. The minimum absolute atomic E-state index is 0.159. The number of nitrogens with one attached hydrogen (secondary N) is 1. The van der Waals surface area contributed by atoms with E-state index in [0.717, 1.165) is 38.4 Å². The molecule has 178 valence electrons. The smallest absolute Gasteiger partial charge is 0.255 e. The predicted octanol–water partition coefficient (Wildman–Crippen LogP) is 3.96. The molecule has 0 aliphatic carbocycles. The Balaban J connectivity index is 1.47. The van der Waals surface area contributed by atoms with E-state index in [1.807, 2.05) is 24.3 Å². The van der Waals surface area contributed by atoms with Gasteiger partial charge in [0.15, 0.2) is 0 Å². The summed E-state index contributed by atoms with van der Waals surface area (Å²) in [5, 5.41) is 2.83. The number of carbonyl (C=O) groups excluding carboxylic acids is 1. The molecule has 2 aliphatic heterocycles. The van der Waals surface area contributed by atoms with Crippen LogP contribution in [0.15, 0.2) is 47.4 Å². The van der Waals surface area contributed by atoms with Gasteiger partial charge in [-0.2, -0.15) is 4.31 Å². The highest BCUT2D eigenvalue weighted by atomic mass is 32.2. The standard InChI is InChI=1S/C25H33N3O4S/c1-19-6-5-13-27(17-19)18-20-7-9-21(10-8-20)25(29)26-23-16-22(11-12-24(23)32-2)33(30,31)28-14-3-4-15-28/h7-12,16,19H,3-6,13-15,17-18H2,1-2H3,(H,26,29)/t19-/m0/s1. The molecule has 7 nitrogen and oxygen atoms in total. The van der Waals surface area contributed by atoms with Gasteiger partial charge in [0, 0.05) is 31.7 Å². The third-order valence-electron chi connectivity index (χ3n) is 6.49. The van der Waals surface area contributed by atoms with E-state index < -0.39 is 10.0 Å². The molecule has 1 atom stereocenters. The average Bonchev–Trinajstić information content (AvgIpc) is 3.35. The summed E-state index contributed by atoms with van der Waals surface area (Å²) in [4.78, 5) is 15.5. The molecule has 0 bridgehead atoms. The number of amides is 1. The van der Waals surface area contributed by atoms with Crippen LogP contribution < -0.4 is 10.1 Å². The Morgan fingerprint density at radius 2 is 1.79 bits per heavy atom. The summed E-state index contributed by atoms with van der Waals surface area (Å²) in [6.07, 6.45) is 4.26. The molecule has 1 amide bonds. The SMILES string of the molecule is COc1ccc(S(=O)(=O)N2CCCC2)cc1NC(=O)c1ccc(CN2CCC[C@H](C)C2)cc1. The van der Waals surface area contributed by atoms with Crippen molar-refractivity contribution >= 4 is 21.6 Å². The number of hydrogen-bond donors (Lipinski definition) is 1. The van der Waals surface area contributed by atoms with E-state index in [9.17, 15) is 13.2 Å². The van der Waals surface area contributed by atoms with Gasteiger partial charge in [-0.15, -0.1) is 0 Å². The van der Waals surface area contributed by atoms with Crippen LogP contribution >= 0.6 is 0 Å². The van der Waals surface area contributed by atoms with Crippen molar-refractivity contribution in [3.8, 4) is 5.75 Å². The van der Waals surface area contributed by atoms with E-state index in [4.69, 9.17) is 4.74 Å². The number of methoxy groups -OCH3 is 1. The van der Waals surface area contributed by atoms with Crippen LogP contribution in [-0.2, 0) is 16.6 Å². The molecule has 4 rings (SSSR count). The summed E-state index contributed by atoms with van der Waals surface area (Å²) < 4.78 is 32.7. The van der Waals surface area contributed by atoms with E-state index >= 15 is 0 Å². The van der Waals surface area contributed by atoms with Gasteiger partial charge in [-0.3, -0.25) is 9.69 Å². The molecule has 0 unspecified atom stereocenters. The fraction of sp³-hybridized carbons (Fsp3) is 0.480. The summed E-state index contributed by atoms with van der Waals surface area (Å²) in [6, 6.07) is 12.2. The van der Waals surface area contributed by atoms with E-state index in [2.05, 4.69) is 17.1 Å². The van der Waals surface area contributed by atoms with Crippen LogP contribution in [0.25, 0.3) is 0 Å². The lowest BCUT2D eigenvalue weighted by atomic mass is 9.99. The number of nitrogens with zero attached hydrogens (tertiary/aromatic N) is 2. The Bertz CT molecular complexity index is 1080. The highest BCUT2D eigenvalue weighted by Gasteiger charge is 2.28. The third kappa shape index (κ3) is 5.57. The van der Waals surface area contributed by atoms with Gasteiger partial charge < -0.3 is 10.1 Å². The zero-order valence-electron chi connectivity index (χ0n) is 19.4. The fourth-order valence-corrected chi connectivity index (χ4v) is 6.21. The number of ether oxygens (including phenoxy) is 1. The number of rotatable bonds is 7. The molecule has 2 aromatic rings. The van der Waals surface area contributed by atoms with Gasteiger partial charge in [0.05, 0.1) is 17.7 Å². The number of sulfonamides is 1. The molecule has 0 spiro atoms. The maximum absolute atomic E-state index is 12.9. The second-order valence-electron chi connectivity index (χ2n) is 9.11. The van der Waals surface area contributed by atoms with Crippen molar-refractivity contribution in [3.63, 3.8) is 0 Å². The van der Waals surface area contributed by atoms with Gasteiger partial charge >= 0.3 is 0 Å². The topological polar surface area (TPSA) is 79.0 Å². The molecule has 2 aliphatic rings. The molecule has 2 saturated heterocycles. The monoisotopic (exact) mass is 471 g/mol. The highest BCUT2D eigenvalue weighted by molar-refractivity contribution is 7.89. The number of piperidine rings is 1. The van der Waals surface area contributed by atoms with Gasteiger partial charge in [-0.05, 0) is 74.0 Å². The molecule has 33 heavy (non-hydrogen) atoms. The zero-order valence-corrected chi connectivity index (χ0v) is 20.2. The summed E-state index contributed by atoms with van der Waals surface area (Å²) >= 11 is 0.